The molecule has 0 spiro atoms. The number of rotatable bonds is 34. The van der Waals surface area contributed by atoms with Gasteiger partial charge >= 0.3 is 5.97 Å². The Kier molecular flexibility index (Phi) is 26.2. The molecular weight excluding hydrogens is 1250 g/mol. The molecule has 3 atom stereocenters. The average Bonchev–Trinajstić information content (AvgIpc) is 1.80. The Balaban J connectivity index is 0.555. The second-order valence-electron chi connectivity index (χ2n) is 23.2. The van der Waals surface area contributed by atoms with Gasteiger partial charge in [0, 0.05) is 55.0 Å². The van der Waals surface area contributed by atoms with Crippen molar-refractivity contribution in [3.05, 3.63) is 141 Å². The van der Waals surface area contributed by atoms with Gasteiger partial charge in [0.15, 0.2) is 16.0 Å². The SMILES string of the molecule is Cc1ncsc1-c1ccc(CNC(=O)[C@@H]2C[C@@H](O)CN2C(=O)[C@H](NC(=O)CCOCCOCCOCCOCCOCCOCC#Cc2ccc(OCCCc3sc(N4CCc5cccc(C(=O)Nc6nc7ccccc7s6)c5C4)nc3C(=O)O)cc2)C(C)(C)C)cc1. The van der Waals surface area contributed by atoms with Crippen molar-refractivity contribution in [2.45, 2.75) is 91.1 Å². The predicted octanol–water partition coefficient (Wildman–Crippen LogP) is 8.36. The third kappa shape index (κ3) is 20.6. The number of aliphatic hydroxyl groups excluding tert-OH is 1. The number of carbonyl (C=O) groups is 5. The number of aryl methyl sites for hydroxylation is 2. The maximum Gasteiger partial charge on any atom is 0.355 e. The molecule has 5 heterocycles. The molecule has 9 rings (SSSR count). The van der Waals surface area contributed by atoms with Gasteiger partial charge in [-0.25, -0.2) is 19.7 Å². The summed E-state index contributed by atoms with van der Waals surface area (Å²) in [6.07, 6.45) is 1.00. The first-order chi connectivity index (χ1) is 45.1. The van der Waals surface area contributed by atoms with Crippen LogP contribution in [0.5, 0.6) is 5.75 Å². The summed E-state index contributed by atoms with van der Waals surface area (Å²) in [6.45, 7) is 13.2. The average molecular weight is 1330 g/mol. The van der Waals surface area contributed by atoms with Crippen LogP contribution in [0.3, 0.4) is 0 Å². The lowest BCUT2D eigenvalue weighted by Gasteiger charge is -2.35. The van der Waals surface area contributed by atoms with E-state index in [0.29, 0.717) is 125 Å². The van der Waals surface area contributed by atoms with Crippen molar-refractivity contribution >= 4 is 84.1 Å². The van der Waals surface area contributed by atoms with Crippen LogP contribution in [0.25, 0.3) is 20.7 Å². The number of nitrogens with zero attached hydrogens (tertiary/aromatic N) is 5. The summed E-state index contributed by atoms with van der Waals surface area (Å²) in [6, 6.07) is 27.0. The molecule has 2 aliphatic heterocycles. The van der Waals surface area contributed by atoms with E-state index in [2.05, 4.69) is 42.7 Å². The molecule has 0 bridgehead atoms. The van der Waals surface area contributed by atoms with Gasteiger partial charge in [0.05, 0.1) is 112 Å². The zero-order valence-corrected chi connectivity index (χ0v) is 55.2. The Hall–Kier alpha value is -7.74. The topological polar surface area (TPSA) is 272 Å². The molecule has 93 heavy (non-hydrogen) atoms. The van der Waals surface area contributed by atoms with Crippen LogP contribution in [0, 0.1) is 24.2 Å². The number of aromatic carboxylic acids is 1. The standard InChI is InChI=1S/C68H80N8O14S3/c1-45-60(91-44-70-45)49-20-16-47(17-21-49)41-69-63(80)55-40-50(77)42-76(55)64(81)61(68(2,3)4)72-58(78)25-29-85-31-33-87-35-37-89-39-38-88-36-34-86-32-30-84-27-8-10-46-18-22-51(23-19-46)90-28-9-15-57-59(65(82)83)73-67(93-57)75-26-24-48-11-7-12-52(53(48)43-75)62(79)74-66-71-54-13-5-6-14-56(54)92-66/h5-7,11-14,16-23,44,50,55,61,77H,9,15,24-43H2,1-4H3,(H,69,80)(H,72,78)(H,82,83)(H,71,74,79)/t50-,55+,61+/m1/s1. The number of hydrogen-bond acceptors (Lipinski definition) is 20. The number of carbonyl (C=O) groups excluding carboxylic acids is 4. The van der Waals surface area contributed by atoms with Crippen LogP contribution >= 0.6 is 34.0 Å². The van der Waals surface area contributed by atoms with Crippen LogP contribution in [0.2, 0.25) is 0 Å². The largest absolute Gasteiger partial charge is 0.494 e. The highest BCUT2D eigenvalue weighted by molar-refractivity contribution is 7.22. The molecule has 22 nitrogen and oxygen atoms in total. The highest BCUT2D eigenvalue weighted by Gasteiger charge is 2.44. The summed E-state index contributed by atoms with van der Waals surface area (Å²) >= 11 is 4.36. The minimum Gasteiger partial charge on any atom is -0.494 e. The normalized spacial score (nSPS) is 14.9. The summed E-state index contributed by atoms with van der Waals surface area (Å²) in [7, 11) is 0. The third-order valence-corrected chi connectivity index (χ3v) is 18.4. The fourth-order valence-corrected chi connectivity index (χ4v) is 13.2. The van der Waals surface area contributed by atoms with Crippen molar-refractivity contribution < 1.29 is 67.3 Å². The van der Waals surface area contributed by atoms with Crippen LogP contribution in [0.4, 0.5) is 10.3 Å². The van der Waals surface area contributed by atoms with Gasteiger partial charge in [-0.1, -0.05) is 92.5 Å². The number of carboxylic acids is 1. The number of aliphatic hydroxyl groups is 1. The molecule has 25 heteroatoms. The van der Waals surface area contributed by atoms with Crippen LogP contribution in [-0.2, 0) is 68.7 Å². The van der Waals surface area contributed by atoms with Crippen molar-refractivity contribution in [1.82, 2.24) is 30.5 Å². The van der Waals surface area contributed by atoms with Gasteiger partial charge in [0.25, 0.3) is 5.91 Å². The zero-order valence-electron chi connectivity index (χ0n) is 52.8. The second-order valence-corrected chi connectivity index (χ2v) is 26.2. The molecule has 0 saturated carbocycles. The van der Waals surface area contributed by atoms with E-state index in [9.17, 15) is 34.2 Å². The van der Waals surface area contributed by atoms with Gasteiger partial charge < -0.3 is 63.8 Å². The number of fused-ring (bicyclic) bond motifs is 2. The molecule has 7 aromatic rings. The van der Waals surface area contributed by atoms with Crippen molar-refractivity contribution in [3.8, 4) is 28.0 Å². The fraction of sp³-hybridized carbons (Fsp3) is 0.441. The number of likely N-dealkylation sites (tertiary alicyclic amines) is 1. The Bertz CT molecular complexity index is 3640. The lowest BCUT2D eigenvalue weighted by molar-refractivity contribution is -0.144. The molecule has 1 saturated heterocycles. The third-order valence-electron chi connectivity index (χ3n) is 15.3. The van der Waals surface area contributed by atoms with Gasteiger partial charge in [0.2, 0.25) is 17.7 Å². The number of aromatic nitrogens is 3. The van der Waals surface area contributed by atoms with E-state index >= 15 is 0 Å². The Morgan fingerprint density at radius 1 is 0.785 bits per heavy atom. The summed E-state index contributed by atoms with van der Waals surface area (Å²) in [5.41, 5.74) is 8.23. The summed E-state index contributed by atoms with van der Waals surface area (Å²) in [4.78, 5) is 85.0. The Morgan fingerprint density at radius 3 is 2.14 bits per heavy atom. The predicted molar refractivity (Wildman–Crippen MR) is 356 cm³/mol. The Labute approximate surface area is 553 Å². The van der Waals surface area contributed by atoms with Crippen LogP contribution in [0.15, 0.2) is 96.5 Å². The smallest absolute Gasteiger partial charge is 0.355 e. The first-order valence-electron chi connectivity index (χ1n) is 31.1. The number of benzene rings is 4. The number of hydrogen-bond donors (Lipinski definition) is 5. The number of amides is 4. The van der Waals surface area contributed by atoms with Crippen LogP contribution in [0.1, 0.15) is 93.7 Å². The number of carboxylic acid groups (broad SMARTS) is 1. The summed E-state index contributed by atoms with van der Waals surface area (Å²) < 4.78 is 40.5. The van der Waals surface area contributed by atoms with Crippen molar-refractivity contribution in [1.29, 1.82) is 0 Å². The number of anilines is 2. The van der Waals surface area contributed by atoms with E-state index in [1.165, 1.54) is 27.6 Å². The van der Waals surface area contributed by atoms with Gasteiger partial charge in [-0.05, 0) is 96.3 Å². The number of β-amino-alcohol motifs (C(OH)–C–C–N with tert-alkyl or cyclic N) is 1. The Morgan fingerprint density at radius 2 is 1.47 bits per heavy atom. The molecule has 0 aliphatic carbocycles. The fourth-order valence-electron chi connectivity index (χ4n) is 10.5. The van der Waals surface area contributed by atoms with Crippen LogP contribution in [-0.4, -0.2) is 177 Å². The van der Waals surface area contributed by atoms with E-state index in [0.717, 1.165) is 48.6 Å². The first kappa shape index (κ1) is 69.6. The summed E-state index contributed by atoms with van der Waals surface area (Å²) in [5.74, 6) is 4.29. The van der Waals surface area contributed by atoms with E-state index in [1.54, 1.807) is 11.3 Å². The summed E-state index contributed by atoms with van der Waals surface area (Å²) in [5, 5.41) is 30.5. The quantitative estimate of drug-likeness (QED) is 0.0187. The monoisotopic (exact) mass is 1330 g/mol. The molecule has 5 N–H and O–H groups in total. The maximum absolute atomic E-state index is 14.0. The number of thiazole rings is 3. The number of nitrogens with one attached hydrogen (secondary N) is 3. The number of ether oxygens (including phenoxy) is 7. The van der Waals surface area contributed by atoms with Gasteiger partial charge in [-0.15, -0.1) is 22.7 Å². The molecule has 4 aromatic carbocycles. The van der Waals surface area contributed by atoms with Gasteiger partial charge in [-0.2, -0.15) is 0 Å². The minimum absolute atomic E-state index is 0.0126. The molecule has 494 valence electrons. The van der Waals surface area contributed by atoms with E-state index in [1.807, 2.05) is 129 Å². The van der Waals surface area contributed by atoms with Crippen molar-refractivity contribution in [2.24, 2.45) is 5.41 Å². The first-order valence-corrected chi connectivity index (χ1v) is 33.6. The lowest BCUT2D eigenvalue weighted by Crippen LogP contribution is -2.57. The second kappa shape index (κ2) is 35.0. The minimum atomic E-state index is -1.08. The highest BCUT2D eigenvalue weighted by atomic mass is 32.1. The van der Waals surface area contributed by atoms with Crippen molar-refractivity contribution in [3.63, 3.8) is 0 Å². The molecule has 4 amide bonds. The molecule has 2 aliphatic rings. The van der Waals surface area contributed by atoms with E-state index < -0.39 is 35.5 Å². The van der Waals surface area contributed by atoms with Gasteiger partial charge in [0.1, 0.15) is 24.4 Å². The van der Waals surface area contributed by atoms with E-state index in [4.69, 9.17) is 33.2 Å². The molecule has 0 radical (unpaired) electrons. The molecule has 1 fully saturated rings. The molecule has 0 unspecified atom stereocenters. The van der Waals surface area contributed by atoms with Gasteiger partial charge in [-0.3, -0.25) is 24.5 Å². The number of para-hydroxylation sites is 1. The van der Waals surface area contributed by atoms with Crippen molar-refractivity contribution in [2.75, 3.05) is 109 Å². The zero-order chi connectivity index (χ0) is 65.5. The lowest BCUT2D eigenvalue weighted by atomic mass is 9.85. The molecule has 3 aromatic heterocycles. The van der Waals surface area contributed by atoms with Crippen LogP contribution < -0.4 is 25.6 Å². The highest BCUT2D eigenvalue weighted by Crippen LogP contribution is 2.35. The maximum atomic E-state index is 14.0. The van der Waals surface area contributed by atoms with E-state index in [-0.39, 0.29) is 69.2 Å². The molecular formula is C68H80N8O14S3.